The number of likely N-dealkylation sites (tertiary alicyclic amines) is 1. The van der Waals surface area contributed by atoms with Crippen molar-refractivity contribution >= 4 is 5.97 Å². The van der Waals surface area contributed by atoms with Gasteiger partial charge in [-0.3, -0.25) is 9.88 Å². The lowest BCUT2D eigenvalue weighted by atomic mass is 10.2. The predicted molar refractivity (Wildman–Crippen MR) is 61.7 cm³/mol. The Morgan fingerprint density at radius 1 is 1.59 bits per heavy atom. The molecule has 0 bridgehead atoms. The highest BCUT2D eigenvalue weighted by atomic mass is 16.4. The van der Waals surface area contributed by atoms with Crippen LogP contribution >= 0.6 is 0 Å². The zero-order valence-corrected chi connectivity index (χ0v) is 9.54. The molecule has 5 heteroatoms. The number of carbonyl (C=O) groups is 1. The molecule has 1 saturated heterocycles. The lowest BCUT2D eigenvalue weighted by Gasteiger charge is -2.22. The summed E-state index contributed by atoms with van der Waals surface area (Å²) in [4.78, 5) is 17.1. The van der Waals surface area contributed by atoms with E-state index < -0.39 is 5.97 Å². The molecule has 1 aromatic rings. The van der Waals surface area contributed by atoms with E-state index in [1.165, 1.54) is 12.3 Å². The summed E-state index contributed by atoms with van der Waals surface area (Å²) in [6.07, 6.45) is 3.59. The minimum absolute atomic E-state index is 0.151. The molecule has 0 spiro atoms. The normalized spacial score (nSPS) is 20.6. The highest BCUT2D eigenvalue weighted by Gasteiger charge is 2.24. The van der Waals surface area contributed by atoms with Gasteiger partial charge < -0.3 is 10.2 Å². The maximum absolute atomic E-state index is 10.8. The summed E-state index contributed by atoms with van der Waals surface area (Å²) < 4.78 is 0. The molecule has 0 amide bonds. The fraction of sp³-hybridized carbons (Fsp3) is 0.500. The van der Waals surface area contributed by atoms with Gasteiger partial charge >= 0.3 is 5.97 Å². The molecule has 0 aromatic carbocycles. The first-order valence-electron chi connectivity index (χ1n) is 5.74. The number of rotatable bonds is 4. The van der Waals surface area contributed by atoms with Gasteiger partial charge in [0, 0.05) is 18.8 Å². The molecule has 0 unspecified atom stereocenters. The maximum atomic E-state index is 10.8. The molecule has 2 heterocycles. The number of aliphatic hydroxyl groups is 1. The zero-order chi connectivity index (χ0) is 12.3. The van der Waals surface area contributed by atoms with Crippen molar-refractivity contribution in [1.29, 1.82) is 0 Å². The first-order chi connectivity index (χ1) is 8.20. The fourth-order valence-electron chi connectivity index (χ4n) is 2.22. The Morgan fingerprint density at radius 2 is 2.41 bits per heavy atom. The van der Waals surface area contributed by atoms with Crippen LogP contribution in [0.3, 0.4) is 0 Å². The van der Waals surface area contributed by atoms with Gasteiger partial charge in [0.05, 0.1) is 17.9 Å². The third kappa shape index (κ3) is 2.81. The molecule has 1 atom stereocenters. The first kappa shape index (κ1) is 12.0. The number of aromatic nitrogens is 1. The second-order valence-corrected chi connectivity index (χ2v) is 4.29. The molecule has 92 valence electrons. The molecule has 5 nitrogen and oxygen atoms in total. The van der Waals surface area contributed by atoms with E-state index in [0.717, 1.165) is 25.1 Å². The number of pyridine rings is 1. The van der Waals surface area contributed by atoms with Gasteiger partial charge in [0.1, 0.15) is 0 Å². The van der Waals surface area contributed by atoms with E-state index in [2.05, 4.69) is 9.88 Å². The average molecular weight is 236 g/mol. The number of carboxylic acid groups (broad SMARTS) is 1. The van der Waals surface area contributed by atoms with E-state index in [4.69, 9.17) is 5.11 Å². The van der Waals surface area contributed by atoms with Gasteiger partial charge in [-0.1, -0.05) is 0 Å². The van der Waals surface area contributed by atoms with E-state index in [1.807, 2.05) is 0 Å². The fourth-order valence-corrected chi connectivity index (χ4v) is 2.22. The zero-order valence-electron chi connectivity index (χ0n) is 9.54. The first-order valence-corrected chi connectivity index (χ1v) is 5.74. The van der Waals surface area contributed by atoms with Crippen molar-refractivity contribution < 1.29 is 15.0 Å². The Labute approximate surface area is 99.7 Å². The molecule has 2 N–H and O–H groups in total. The summed E-state index contributed by atoms with van der Waals surface area (Å²) >= 11 is 0. The van der Waals surface area contributed by atoms with Crippen LogP contribution in [0.5, 0.6) is 0 Å². The summed E-state index contributed by atoms with van der Waals surface area (Å²) in [6, 6.07) is 3.26. The average Bonchev–Trinajstić information content (AvgIpc) is 2.76. The van der Waals surface area contributed by atoms with Crippen LogP contribution < -0.4 is 0 Å². The van der Waals surface area contributed by atoms with E-state index in [-0.39, 0.29) is 18.2 Å². The minimum atomic E-state index is -0.936. The van der Waals surface area contributed by atoms with Crippen molar-refractivity contribution in [3.8, 4) is 0 Å². The summed E-state index contributed by atoms with van der Waals surface area (Å²) in [5.74, 6) is -0.936. The van der Waals surface area contributed by atoms with Crippen molar-refractivity contribution in [2.75, 3.05) is 13.2 Å². The Bertz CT molecular complexity index is 408. The quantitative estimate of drug-likeness (QED) is 0.806. The summed E-state index contributed by atoms with van der Waals surface area (Å²) in [7, 11) is 0. The molecule has 1 aromatic heterocycles. The maximum Gasteiger partial charge on any atom is 0.335 e. The van der Waals surface area contributed by atoms with Crippen LogP contribution in [-0.4, -0.2) is 45.3 Å². The Morgan fingerprint density at radius 3 is 3.12 bits per heavy atom. The van der Waals surface area contributed by atoms with Crippen LogP contribution in [0.1, 0.15) is 28.9 Å². The Kier molecular flexibility index (Phi) is 3.71. The van der Waals surface area contributed by atoms with Crippen LogP contribution in [0.2, 0.25) is 0 Å². The summed E-state index contributed by atoms with van der Waals surface area (Å²) in [5.41, 5.74) is 1.000. The van der Waals surface area contributed by atoms with Gasteiger partial charge in [-0.15, -0.1) is 0 Å². The number of aromatic carboxylic acids is 1. The molecule has 0 saturated carbocycles. The second-order valence-electron chi connectivity index (χ2n) is 4.29. The lowest BCUT2D eigenvalue weighted by Crippen LogP contribution is -2.31. The molecule has 0 aliphatic carbocycles. The number of nitrogens with zero attached hydrogens (tertiary/aromatic N) is 2. The molecule has 2 rings (SSSR count). The molecule has 1 aliphatic heterocycles. The van der Waals surface area contributed by atoms with Crippen molar-refractivity contribution in [3.63, 3.8) is 0 Å². The van der Waals surface area contributed by atoms with Crippen molar-refractivity contribution in [3.05, 3.63) is 29.6 Å². The highest BCUT2D eigenvalue weighted by molar-refractivity contribution is 5.87. The van der Waals surface area contributed by atoms with Crippen LogP contribution in [-0.2, 0) is 6.54 Å². The second kappa shape index (κ2) is 5.25. The standard InChI is InChI=1S/C12H16N2O3/c15-8-11-2-1-5-14(11)7-10-6-9(12(16)17)3-4-13-10/h3-4,6,11,15H,1-2,5,7-8H2,(H,16,17)/t11-/m1/s1. The summed E-state index contributed by atoms with van der Waals surface area (Å²) in [6.45, 7) is 1.69. The van der Waals surface area contributed by atoms with E-state index in [0.29, 0.717) is 6.54 Å². The number of hydrogen-bond donors (Lipinski definition) is 2. The SMILES string of the molecule is O=C(O)c1ccnc(CN2CCC[C@@H]2CO)c1. The van der Waals surface area contributed by atoms with Crippen LogP contribution in [0.4, 0.5) is 0 Å². The van der Waals surface area contributed by atoms with Crippen molar-refractivity contribution in [2.45, 2.75) is 25.4 Å². The predicted octanol–water partition coefficient (Wildman–Crippen LogP) is 0.736. The van der Waals surface area contributed by atoms with Gasteiger partial charge in [-0.05, 0) is 31.5 Å². The monoisotopic (exact) mass is 236 g/mol. The van der Waals surface area contributed by atoms with Gasteiger partial charge in [0.2, 0.25) is 0 Å². The van der Waals surface area contributed by atoms with Gasteiger partial charge in [-0.25, -0.2) is 4.79 Å². The third-order valence-electron chi connectivity index (χ3n) is 3.14. The molecule has 1 aliphatic rings. The van der Waals surface area contributed by atoms with Gasteiger partial charge in [-0.2, -0.15) is 0 Å². The molecule has 0 radical (unpaired) electrons. The number of carboxylic acids is 1. The number of aliphatic hydroxyl groups excluding tert-OH is 1. The Balaban J connectivity index is 2.07. The highest BCUT2D eigenvalue weighted by Crippen LogP contribution is 2.19. The molecule has 17 heavy (non-hydrogen) atoms. The molecule has 1 fully saturated rings. The van der Waals surface area contributed by atoms with Crippen LogP contribution in [0.15, 0.2) is 18.3 Å². The van der Waals surface area contributed by atoms with Gasteiger partial charge in [0.15, 0.2) is 0 Å². The topological polar surface area (TPSA) is 73.7 Å². The van der Waals surface area contributed by atoms with E-state index >= 15 is 0 Å². The minimum Gasteiger partial charge on any atom is -0.478 e. The van der Waals surface area contributed by atoms with Gasteiger partial charge in [0.25, 0.3) is 0 Å². The molecular formula is C12H16N2O3. The van der Waals surface area contributed by atoms with E-state index in [9.17, 15) is 9.90 Å². The van der Waals surface area contributed by atoms with Crippen molar-refractivity contribution in [2.24, 2.45) is 0 Å². The van der Waals surface area contributed by atoms with Crippen molar-refractivity contribution in [1.82, 2.24) is 9.88 Å². The van der Waals surface area contributed by atoms with Crippen LogP contribution in [0.25, 0.3) is 0 Å². The smallest absolute Gasteiger partial charge is 0.335 e. The van der Waals surface area contributed by atoms with E-state index in [1.54, 1.807) is 6.07 Å². The Hall–Kier alpha value is -1.46. The molecular weight excluding hydrogens is 220 g/mol. The third-order valence-corrected chi connectivity index (χ3v) is 3.14. The largest absolute Gasteiger partial charge is 0.478 e. The number of hydrogen-bond acceptors (Lipinski definition) is 4. The lowest BCUT2D eigenvalue weighted by molar-refractivity contribution is 0.0696. The summed E-state index contributed by atoms with van der Waals surface area (Å²) in [5, 5.41) is 18.1. The van der Waals surface area contributed by atoms with Crippen LogP contribution in [0, 0.1) is 0 Å².